The Hall–Kier alpha value is -1.04. The highest BCUT2D eigenvalue weighted by molar-refractivity contribution is 5.11. The number of nitrogens with one attached hydrogen (secondary N) is 1. The van der Waals surface area contributed by atoms with Gasteiger partial charge in [-0.05, 0) is 13.3 Å². The van der Waals surface area contributed by atoms with E-state index in [1.165, 1.54) is 6.33 Å². The van der Waals surface area contributed by atoms with Gasteiger partial charge in [-0.15, -0.1) is 0 Å². The molecule has 5 heteroatoms. The SMILES string of the molecule is CC1OCCC1C(NN)c1cncnc1. The van der Waals surface area contributed by atoms with E-state index in [0.717, 1.165) is 18.6 Å². The van der Waals surface area contributed by atoms with Gasteiger partial charge < -0.3 is 4.74 Å². The first-order chi connectivity index (χ1) is 7.33. The Balaban J connectivity index is 2.17. The molecule has 1 aromatic heterocycles. The van der Waals surface area contributed by atoms with Crippen LogP contribution in [0.25, 0.3) is 0 Å². The maximum absolute atomic E-state index is 5.59. The summed E-state index contributed by atoms with van der Waals surface area (Å²) in [6, 6.07) is 0.0729. The maximum Gasteiger partial charge on any atom is 0.115 e. The molecule has 15 heavy (non-hydrogen) atoms. The highest BCUT2D eigenvalue weighted by atomic mass is 16.5. The van der Waals surface area contributed by atoms with Gasteiger partial charge in [0, 0.05) is 30.5 Å². The number of aromatic nitrogens is 2. The van der Waals surface area contributed by atoms with Gasteiger partial charge in [0.25, 0.3) is 0 Å². The van der Waals surface area contributed by atoms with E-state index in [2.05, 4.69) is 22.3 Å². The molecule has 0 radical (unpaired) electrons. The molecule has 0 amide bonds. The van der Waals surface area contributed by atoms with E-state index in [1.807, 2.05) is 0 Å². The summed E-state index contributed by atoms with van der Waals surface area (Å²) < 4.78 is 5.53. The summed E-state index contributed by atoms with van der Waals surface area (Å²) in [7, 11) is 0. The number of nitrogens with zero attached hydrogens (tertiary/aromatic N) is 2. The Bertz CT molecular complexity index is 306. The summed E-state index contributed by atoms with van der Waals surface area (Å²) in [4.78, 5) is 8.00. The first-order valence-electron chi connectivity index (χ1n) is 5.15. The molecule has 1 fully saturated rings. The minimum atomic E-state index is 0.0729. The lowest BCUT2D eigenvalue weighted by molar-refractivity contribution is 0.0953. The third-order valence-corrected chi connectivity index (χ3v) is 2.98. The van der Waals surface area contributed by atoms with Crippen molar-refractivity contribution in [3.63, 3.8) is 0 Å². The van der Waals surface area contributed by atoms with E-state index in [0.29, 0.717) is 5.92 Å². The van der Waals surface area contributed by atoms with Crippen molar-refractivity contribution in [1.82, 2.24) is 15.4 Å². The minimum absolute atomic E-state index is 0.0729. The summed E-state index contributed by atoms with van der Waals surface area (Å²) in [5.74, 6) is 5.98. The van der Waals surface area contributed by atoms with Crippen molar-refractivity contribution in [1.29, 1.82) is 0 Å². The van der Waals surface area contributed by atoms with Crippen LogP contribution in [0.3, 0.4) is 0 Å². The predicted molar refractivity (Wildman–Crippen MR) is 55.6 cm³/mol. The molecule has 1 aromatic rings. The fourth-order valence-electron chi connectivity index (χ4n) is 2.12. The Morgan fingerprint density at radius 3 is 2.80 bits per heavy atom. The highest BCUT2D eigenvalue weighted by Crippen LogP contribution is 2.31. The molecule has 2 rings (SSSR count). The second-order valence-corrected chi connectivity index (χ2v) is 3.84. The Labute approximate surface area is 89.0 Å². The molecular formula is C10H16N4O. The Morgan fingerprint density at radius 2 is 2.27 bits per heavy atom. The van der Waals surface area contributed by atoms with Crippen LogP contribution in [0.4, 0.5) is 0 Å². The van der Waals surface area contributed by atoms with Crippen LogP contribution in [-0.2, 0) is 4.74 Å². The van der Waals surface area contributed by atoms with Crippen LogP contribution in [0, 0.1) is 5.92 Å². The zero-order chi connectivity index (χ0) is 10.7. The van der Waals surface area contributed by atoms with E-state index >= 15 is 0 Å². The summed E-state index contributed by atoms with van der Waals surface area (Å²) >= 11 is 0. The zero-order valence-corrected chi connectivity index (χ0v) is 8.76. The Kier molecular flexibility index (Phi) is 3.25. The average molecular weight is 208 g/mol. The number of nitrogens with two attached hydrogens (primary N) is 1. The number of ether oxygens (including phenoxy) is 1. The molecule has 3 N–H and O–H groups in total. The number of rotatable bonds is 3. The van der Waals surface area contributed by atoms with E-state index in [9.17, 15) is 0 Å². The fourth-order valence-corrected chi connectivity index (χ4v) is 2.12. The van der Waals surface area contributed by atoms with Gasteiger partial charge in [-0.1, -0.05) is 0 Å². The lowest BCUT2D eigenvalue weighted by atomic mass is 9.90. The molecule has 1 saturated heterocycles. The Morgan fingerprint density at radius 1 is 1.53 bits per heavy atom. The fraction of sp³-hybridized carbons (Fsp3) is 0.600. The molecule has 2 heterocycles. The quantitative estimate of drug-likeness (QED) is 0.556. The van der Waals surface area contributed by atoms with Crippen molar-refractivity contribution in [2.75, 3.05) is 6.61 Å². The lowest BCUT2D eigenvalue weighted by Gasteiger charge is -2.24. The van der Waals surface area contributed by atoms with Crippen LogP contribution in [0.15, 0.2) is 18.7 Å². The van der Waals surface area contributed by atoms with E-state index in [4.69, 9.17) is 10.6 Å². The van der Waals surface area contributed by atoms with Crippen LogP contribution < -0.4 is 11.3 Å². The van der Waals surface area contributed by atoms with Crippen molar-refractivity contribution in [3.05, 3.63) is 24.3 Å². The molecule has 82 valence electrons. The third-order valence-electron chi connectivity index (χ3n) is 2.98. The van der Waals surface area contributed by atoms with Crippen molar-refractivity contribution in [2.24, 2.45) is 11.8 Å². The minimum Gasteiger partial charge on any atom is -0.378 e. The largest absolute Gasteiger partial charge is 0.378 e. The van der Waals surface area contributed by atoms with E-state index in [-0.39, 0.29) is 12.1 Å². The smallest absolute Gasteiger partial charge is 0.115 e. The lowest BCUT2D eigenvalue weighted by Crippen LogP contribution is -2.36. The van der Waals surface area contributed by atoms with Gasteiger partial charge in [0.2, 0.25) is 0 Å². The van der Waals surface area contributed by atoms with Gasteiger partial charge >= 0.3 is 0 Å². The monoisotopic (exact) mass is 208 g/mol. The van der Waals surface area contributed by atoms with Crippen molar-refractivity contribution < 1.29 is 4.74 Å². The van der Waals surface area contributed by atoms with Gasteiger partial charge in [-0.25, -0.2) is 9.97 Å². The van der Waals surface area contributed by atoms with Crippen LogP contribution >= 0.6 is 0 Å². The van der Waals surface area contributed by atoms with Gasteiger partial charge in [0.15, 0.2) is 0 Å². The summed E-state index contributed by atoms with van der Waals surface area (Å²) in [5, 5.41) is 0. The molecule has 0 aromatic carbocycles. The first kappa shape index (κ1) is 10.5. The van der Waals surface area contributed by atoms with Crippen molar-refractivity contribution in [3.8, 4) is 0 Å². The van der Waals surface area contributed by atoms with E-state index < -0.39 is 0 Å². The highest BCUT2D eigenvalue weighted by Gasteiger charge is 2.32. The molecule has 3 atom stereocenters. The standard InChI is InChI=1S/C10H16N4O/c1-7-9(2-3-15-7)10(14-11)8-4-12-6-13-5-8/h4-7,9-10,14H,2-3,11H2,1H3. The average Bonchev–Trinajstić information content (AvgIpc) is 2.68. The molecule has 0 saturated carbocycles. The third kappa shape index (κ3) is 2.14. The van der Waals surface area contributed by atoms with E-state index in [1.54, 1.807) is 12.4 Å². The molecule has 5 nitrogen and oxygen atoms in total. The zero-order valence-electron chi connectivity index (χ0n) is 8.76. The molecule has 0 aliphatic carbocycles. The number of hydrazine groups is 1. The molecule has 0 spiro atoms. The first-order valence-corrected chi connectivity index (χ1v) is 5.15. The second kappa shape index (κ2) is 4.65. The van der Waals surface area contributed by atoms with Crippen LogP contribution in [-0.4, -0.2) is 22.7 Å². The summed E-state index contributed by atoms with van der Waals surface area (Å²) in [5.41, 5.74) is 3.85. The molecular weight excluding hydrogens is 192 g/mol. The molecule has 3 unspecified atom stereocenters. The van der Waals surface area contributed by atoms with Gasteiger partial charge in [-0.2, -0.15) is 0 Å². The van der Waals surface area contributed by atoms with Gasteiger partial charge in [0.1, 0.15) is 6.33 Å². The number of hydrogen-bond acceptors (Lipinski definition) is 5. The maximum atomic E-state index is 5.59. The molecule has 0 bridgehead atoms. The molecule has 1 aliphatic rings. The molecule has 1 aliphatic heterocycles. The van der Waals surface area contributed by atoms with Crippen molar-refractivity contribution >= 4 is 0 Å². The predicted octanol–water partition coefficient (Wildman–Crippen LogP) is 0.406. The second-order valence-electron chi connectivity index (χ2n) is 3.84. The normalized spacial score (nSPS) is 27.9. The van der Waals surface area contributed by atoms with Gasteiger partial charge in [-0.3, -0.25) is 11.3 Å². The van der Waals surface area contributed by atoms with Crippen LogP contribution in [0.2, 0.25) is 0 Å². The van der Waals surface area contributed by atoms with Gasteiger partial charge in [0.05, 0.1) is 12.1 Å². The summed E-state index contributed by atoms with van der Waals surface area (Å²) in [6.45, 7) is 2.88. The topological polar surface area (TPSA) is 73.1 Å². The summed E-state index contributed by atoms with van der Waals surface area (Å²) in [6.07, 6.45) is 6.35. The van der Waals surface area contributed by atoms with Crippen LogP contribution in [0.5, 0.6) is 0 Å². The van der Waals surface area contributed by atoms with Crippen molar-refractivity contribution in [2.45, 2.75) is 25.5 Å². The number of hydrogen-bond donors (Lipinski definition) is 2. The van der Waals surface area contributed by atoms with Crippen LogP contribution in [0.1, 0.15) is 24.9 Å².